The van der Waals surface area contributed by atoms with E-state index in [9.17, 15) is 0 Å². The van der Waals surface area contributed by atoms with Crippen molar-refractivity contribution in [2.24, 2.45) is 11.3 Å². The Labute approximate surface area is 228 Å². The van der Waals surface area contributed by atoms with E-state index in [4.69, 9.17) is 23.7 Å². The third-order valence-corrected chi connectivity index (χ3v) is 12.3. The summed E-state index contributed by atoms with van der Waals surface area (Å²) in [6.45, 7) is 23.0. The molecule has 0 aromatic heterocycles. The zero-order valence-corrected chi connectivity index (χ0v) is 28.4. The van der Waals surface area contributed by atoms with Gasteiger partial charge in [-0.2, -0.15) is 0 Å². The summed E-state index contributed by atoms with van der Waals surface area (Å²) in [5, 5.41) is 0. The Bertz CT molecular complexity index is 546. The van der Waals surface area contributed by atoms with Crippen molar-refractivity contribution in [3.63, 3.8) is 0 Å². The fourth-order valence-corrected chi connectivity index (χ4v) is 7.44. The molecule has 8 heteroatoms. The third kappa shape index (κ3) is 15.1. The van der Waals surface area contributed by atoms with E-state index in [2.05, 4.69) is 46.2 Å². The first-order valence-electron chi connectivity index (χ1n) is 15.2. The van der Waals surface area contributed by atoms with Crippen LogP contribution in [0, 0.1) is 11.3 Å². The molecule has 1 saturated carbocycles. The van der Waals surface area contributed by atoms with E-state index in [1.54, 1.807) is 6.04 Å². The number of ether oxygens (including phenoxy) is 5. The summed E-state index contributed by atoms with van der Waals surface area (Å²) in [5.41, 5.74) is 0.374. The number of rotatable bonds is 15. The van der Waals surface area contributed by atoms with E-state index >= 15 is 0 Å². The molecule has 214 valence electrons. The first kappa shape index (κ1) is 32.7. The third-order valence-electron chi connectivity index (χ3n) is 7.86. The van der Waals surface area contributed by atoms with E-state index in [1.165, 1.54) is 50.6 Å². The minimum Gasteiger partial charge on any atom is -0.381 e. The van der Waals surface area contributed by atoms with Crippen LogP contribution < -0.4 is 0 Å². The van der Waals surface area contributed by atoms with Gasteiger partial charge in [-0.05, 0) is 44.1 Å². The molecule has 0 aromatic rings. The average Bonchev–Trinajstić information content (AvgIpc) is 3.72. The van der Waals surface area contributed by atoms with Crippen molar-refractivity contribution < 1.29 is 23.7 Å². The van der Waals surface area contributed by atoms with E-state index < -0.39 is 8.80 Å². The van der Waals surface area contributed by atoms with Crippen LogP contribution in [0.3, 0.4) is 0 Å². The molecule has 4 atom stereocenters. The van der Waals surface area contributed by atoms with Gasteiger partial charge in [0.2, 0.25) is 0 Å². The molecule has 5 nitrogen and oxygen atoms in total. The largest absolute Gasteiger partial charge is 0.381 e. The van der Waals surface area contributed by atoms with Crippen molar-refractivity contribution in [2.45, 2.75) is 121 Å². The van der Waals surface area contributed by atoms with Gasteiger partial charge in [-0.15, -0.1) is 0 Å². The van der Waals surface area contributed by atoms with E-state index in [1.807, 2.05) is 0 Å². The molecule has 1 aliphatic carbocycles. The Morgan fingerprint density at radius 2 is 1.53 bits per heavy atom. The summed E-state index contributed by atoms with van der Waals surface area (Å²) in [7, 11) is -1.03. The Kier molecular flexibility index (Phi) is 16.3. The molecule has 4 fully saturated rings. The highest BCUT2D eigenvalue weighted by Crippen LogP contribution is 2.41. The summed E-state index contributed by atoms with van der Waals surface area (Å²) >= 11 is 0. The topological polar surface area (TPSA) is 52.8 Å². The molecule has 0 N–H and O–H groups in total. The van der Waals surface area contributed by atoms with E-state index in [0.29, 0.717) is 23.7 Å². The highest BCUT2D eigenvalue weighted by Gasteiger charge is 2.43. The second-order valence-corrected chi connectivity index (χ2v) is 23.1. The van der Waals surface area contributed by atoms with Gasteiger partial charge in [-0.1, -0.05) is 64.7 Å². The summed E-state index contributed by atoms with van der Waals surface area (Å²) in [4.78, 5) is 0. The van der Waals surface area contributed by atoms with Gasteiger partial charge in [0.15, 0.2) is 0 Å². The molecule has 4 aliphatic rings. The molecule has 36 heavy (non-hydrogen) atoms. The number of epoxide rings is 2. The lowest BCUT2D eigenvalue weighted by Crippen LogP contribution is -2.45. The summed E-state index contributed by atoms with van der Waals surface area (Å²) in [6.07, 6.45) is 9.93. The summed E-state index contributed by atoms with van der Waals surface area (Å²) in [6, 6.07) is 4.26. The molecular weight excluding hydrogens is 501 g/mol. The maximum Gasteiger partial charge on any atom is 0.104 e. The van der Waals surface area contributed by atoms with Crippen LogP contribution in [-0.2, 0) is 23.7 Å². The molecule has 0 radical (unpaired) electrons. The van der Waals surface area contributed by atoms with Gasteiger partial charge in [-0.25, -0.2) is 0 Å². The summed E-state index contributed by atoms with van der Waals surface area (Å²) in [5.74, 6) is 1.02. The quantitative estimate of drug-likeness (QED) is 0.148. The minimum atomic E-state index is -0.412. The SMILES string of the molecule is CCC1(COCC[SiH](C)C)COC1.C[SiH](C)CCC1CCC2OC2C1.C[SiH](C)CCCOCC1CO1. The maximum atomic E-state index is 5.70. The van der Waals surface area contributed by atoms with Gasteiger partial charge in [0.05, 0.1) is 45.2 Å². The van der Waals surface area contributed by atoms with Crippen LogP contribution in [0.5, 0.6) is 0 Å². The van der Waals surface area contributed by atoms with Crippen LogP contribution in [-0.4, -0.2) is 91.0 Å². The highest BCUT2D eigenvalue weighted by atomic mass is 28.3. The predicted molar refractivity (Wildman–Crippen MR) is 161 cm³/mol. The van der Waals surface area contributed by atoms with Gasteiger partial charge in [0.25, 0.3) is 0 Å². The molecule has 0 spiro atoms. The van der Waals surface area contributed by atoms with Gasteiger partial charge >= 0.3 is 0 Å². The van der Waals surface area contributed by atoms with Crippen LogP contribution in [0.15, 0.2) is 0 Å². The smallest absolute Gasteiger partial charge is 0.104 e. The fraction of sp³-hybridized carbons (Fsp3) is 1.00. The van der Waals surface area contributed by atoms with E-state index in [-0.39, 0.29) is 17.6 Å². The zero-order chi connectivity index (χ0) is 26.4. The molecule has 0 aromatic carbocycles. The Morgan fingerprint density at radius 3 is 2.06 bits per heavy atom. The maximum absolute atomic E-state index is 5.70. The van der Waals surface area contributed by atoms with Crippen LogP contribution >= 0.6 is 0 Å². The standard InChI is InChI=1S/C10H22O2Si.C10H20OSi.C8H18O2Si/c1-4-10(8-12-9-10)7-11-5-6-13(2)3;1-12(2)6-5-8-3-4-9-10(7-8)11-9;1-11(2)5-3-4-9-6-8-7-10-8/h13H,4-9H2,1-3H3;8-10,12H,3-7H2,1-2H3;8,11H,3-7H2,1-2H3. The zero-order valence-electron chi connectivity index (χ0n) is 24.9. The van der Waals surface area contributed by atoms with Crippen LogP contribution in [0.1, 0.15) is 45.4 Å². The Balaban J connectivity index is 0.000000191. The lowest BCUT2D eigenvalue weighted by atomic mass is 9.84. The molecule has 0 bridgehead atoms. The van der Waals surface area contributed by atoms with Crippen molar-refractivity contribution in [3.05, 3.63) is 0 Å². The van der Waals surface area contributed by atoms with Crippen LogP contribution in [0.4, 0.5) is 0 Å². The second kappa shape index (κ2) is 17.9. The Hall–Kier alpha value is 0.451. The fourth-order valence-electron chi connectivity index (χ4n) is 4.68. The lowest BCUT2D eigenvalue weighted by Gasteiger charge is -2.40. The van der Waals surface area contributed by atoms with Gasteiger partial charge in [0.1, 0.15) is 6.10 Å². The molecule has 0 amide bonds. The van der Waals surface area contributed by atoms with Crippen molar-refractivity contribution in [2.75, 3.05) is 46.2 Å². The van der Waals surface area contributed by atoms with Gasteiger partial charge < -0.3 is 23.7 Å². The molecular formula is C28H60O5Si3. The molecule has 3 saturated heterocycles. The molecule has 4 rings (SSSR count). The minimum absolute atomic E-state index is 0.289. The monoisotopic (exact) mass is 560 g/mol. The highest BCUT2D eigenvalue weighted by molar-refractivity contribution is 6.56. The molecule has 4 unspecified atom stereocenters. The summed E-state index contributed by atoms with van der Waals surface area (Å²) < 4.78 is 26.9. The van der Waals surface area contributed by atoms with Crippen molar-refractivity contribution in [1.29, 1.82) is 0 Å². The van der Waals surface area contributed by atoms with Crippen molar-refractivity contribution in [3.8, 4) is 0 Å². The first-order valence-corrected chi connectivity index (χ1v) is 24.6. The molecule has 3 aliphatic heterocycles. The van der Waals surface area contributed by atoms with E-state index in [0.717, 1.165) is 52.2 Å². The number of hydrogen-bond acceptors (Lipinski definition) is 5. The lowest BCUT2D eigenvalue weighted by molar-refractivity contribution is -0.149. The normalized spacial score (nSPS) is 27.5. The number of hydrogen-bond donors (Lipinski definition) is 0. The van der Waals surface area contributed by atoms with Gasteiger partial charge in [0, 0.05) is 45.0 Å². The van der Waals surface area contributed by atoms with Crippen LogP contribution in [0.2, 0.25) is 57.4 Å². The average molecular weight is 561 g/mol. The first-order chi connectivity index (χ1) is 17.2. The second-order valence-electron chi connectivity index (χ2n) is 13.0. The van der Waals surface area contributed by atoms with Crippen molar-refractivity contribution >= 4 is 26.4 Å². The van der Waals surface area contributed by atoms with Gasteiger partial charge in [-0.3, -0.25) is 0 Å². The number of fused-ring (bicyclic) bond motifs is 1. The Morgan fingerprint density at radius 1 is 0.833 bits per heavy atom. The molecule has 3 heterocycles. The van der Waals surface area contributed by atoms with Crippen LogP contribution in [0.25, 0.3) is 0 Å². The van der Waals surface area contributed by atoms with Crippen molar-refractivity contribution in [1.82, 2.24) is 0 Å². The predicted octanol–water partition coefficient (Wildman–Crippen LogP) is 5.63.